The van der Waals surface area contributed by atoms with Gasteiger partial charge in [-0.1, -0.05) is 25.7 Å². The number of fused-ring (bicyclic) bond motifs is 1. The Labute approximate surface area is 146 Å². The fourth-order valence-corrected chi connectivity index (χ4v) is 3.84. The number of hydrogen-bond donors (Lipinski definition) is 3. The SMILES string of the molecule is OC[C@H]1O[C@@H](n2cnc3c(NC4CCCCCC4)ncnc32)C[C@@H]1O. The zero-order chi connectivity index (χ0) is 17.2. The minimum Gasteiger partial charge on any atom is -0.394 e. The van der Waals surface area contributed by atoms with Crippen molar-refractivity contribution in [2.75, 3.05) is 11.9 Å². The van der Waals surface area contributed by atoms with Crippen molar-refractivity contribution >= 4 is 17.0 Å². The van der Waals surface area contributed by atoms with Crippen molar-refractivity contribution in [3.05, 3.63) is 12.7 Å². The first-order valence-corrected chi connectivity index (χ1v) is 9.14. The molecule has 0 amide bonds. The Kier molecular flexibility index (Phi) is 4.82. The molecule has 2 aliphatic rings. The van der Waals surface area contributed by atoms with Crippen molar-refractivity contribution in [1.29, 1.82) is 0 Å². The molecule has 1 aliphatic heterocycles. The topological polar surface area (TPSA) is 105 Å². The lowest BCUT2D eigenvalue weighted by Crippen LogP contribution is -2.24. The summed E-state index contributed by atoms with van der Waals surface area (Å²) in [5, 5.41) is 22.8. The van der Waals surface area contributed by atoms with Gasteiger partial charge in [-0.2, -0.15) is 0 Å². The van der Waals surface area contributed by atoms with Crippen LogP contribution in [0.5, 0.6) is 0 Å². The van der Waals surface area contributed by atoms with Crippen LogP contribution in [0.1, 0.15) is 51.2 Å². The van der Waals surface area contributed by atoms with Crippen LogP contribution in [0.4, 0.5) is 5.82 Å². The lowest BCUT2D eigenvalue weighted by atomic mass is 10.1. The van der Waals surface area contributed by atoms with Gasteiger partial charge in [0.05, 0.1) is 19.0 Å². The van der Waals surface area contributed by atoms with E-state index in [9.17, 15) is 10.2 Å². The first-order valence-electron chi connectivity index (χ1n) is 9.14. The van der Waals surface area contributed by atoms with Gasteiger partial charge in [0.1, 0.15) is 18.7 Å². The molecule has 3 N–H and O–H groups in total. The molecular formula is C17H25N5O3. The van der Waals surface area contributed by atoms with Crippen molar-refractivity contribution in [3.63, 3.8) is 0 Å². The molecule has 0 unspecified atom stereocenters. The molecule has 1 aliphatic carbocycles. The van der Waals surface area contributed by atoms with Crippen molar-refractivity contribution in [2.24, 2.45) is 0 Å². The number of rotatable bonds is 4. The Hall–Kier alpha value is -1.77. The van der Waals surface area contributed by atoms with Crippen LogP contribution in [0.15, 0.2) is 12.7 Å². The molecule has 0 spiro atoms. The fraction of sp³-hybridized carbons (Fsp3) is 0.706. The molecule has 0 bridgehead atoms. The third kappa shape index (κ3) is 3.33. The van der Waals surface area contributed by atoms with Crippen LogP contribution in [0, 0.1) is 0 Å². The molecule has 2 aromatic rings. The molecule has 2 aromatic heterocycles. The highest BCUT2D eigenvalue weighted by molar-refractivity contribution is 5.82. The number of aliphatic hydroxyl groups excluding tert-OH is 2. The van der Waals surface area contributed by atoms with Crippen LogP contribution in [0.2, 0.25) is 0 Å². The molecule has 8 nitrogen and oxygen atoms in total. The van der Waals surface area contributed by atoms with Gasteiger partial charge >= 0.3 is 0 Å². The molecule has 1 saturated heterocycles. The number of ether oxygens (including phenoxy) is 1. The van der Waals surface area contributed by atoms with Gasteiger partial charge in [-0.3, -0.25) is 4.57 Å². The Morgan fingerprint density at radius 2 is 1.96 bits per heavy atom. The summed E-state index contributed by atoms with van der Waals surface area (Å²) in [6.07, 6.45) is 9.41. The molecule has 1 saturated carbocycles. The lowest BCUT2D eigenvalue weighted by molar-refractivity contribution is -0.0432. The average molecular weight is 347 g/mol. The number of imidazole rings is 1. The average Bonchev–Trinajstić information content (AvgIpc) is 3.11. The Morgan fingerprint density at radius 3 is 2.68 bits per heavy atom. The number of aliphatic hydroxyl groups is 2. The first-order chi connectivity index (χ1) is 12.3. The van der Waals surface area contributed by atoms with Gasteiger partial charge < -0.3 is 20.3 Å². The summed E-state index contributed by atoms with van der Waals surface area (Å²) in [6.45, 7) is -0.201. The zero-order valence-corrected chi connectivity index (χ0v) is 14.2. The molecule has 0 aromatic carbocycles. The summed E-state index contributed by atoms with van der Waals surface area (Å²) in [5.41, 5.74) is 1.40. The van der Waals surface area contributed by atoms with Crippen molar-refractivity contribution in [3.8, 4) is 0 Å². The smallest absolute Gasteiger partial charge is 0.167 e. The van der Waals surface area contributed by atoms with Gasteiger partial charge in [0.15, 0.2) is 17.0 Å². The van der Waals surface area contributed by atoms with E-state index >= 15 is 0 Å². The normalized spacial score (nSPS) is 28.3. The quantitative estimate of drug-likeness (QED) is 0.721. The van der Waals surface area contributed by atoms with Gasteiger partial charge in [0, 0.05) is 12.5 Å². The molecule has 25 heavy (non-hydrogen) atoms. The predicted molar refractivity (Wildman–Crippen MR) is 92.1 cm³/mol. The molecular weight excluding hydrogens is 322 g/mol. The van der Waals surface area contributed by atoms with Gasteiger partial charge in [0.25, 0.3) is 0 Å². The van der Waals surface area contributed by atoms with Gasteiger partial charge in [0.2, 0.25) is 0 Å². The summed E-state index contributed by atoms with van der Waals surface area (Å²) in [5.74, 6) is 0.757. The van der Waals surface area contributed by atoms with E-state index in [0.29, 0.717) is 18.1 Å². The van der Waals surface area contributed by atoms with E-state index in [1.165, 1.54) is 32.0 Å². The second-order valence-corrected chi connectivity index (χ2v) is 6.99. The molecule has 4 rings (SSSR count). The highest BCUT2D eigenvalue weighted by Gasteiger charge is 2.35. The van der Waals surface area contributed by atoms with Crippen LogP contribution in [0.3, 0.4) is 0 Å². The first kappa shape index (κ1) is 16.7. The largest absolute Gasteiger partial charge is 0.394 e. The van der Waals surface area contributed by atoms with Crippen LogP contribution in [0.25, 0.3) is 11.2 Å². The van der Waals surface area contributed by atoms with E-state index in [1.54, 1.807) is 6.33 Å². The zero-order valence-electron chi connectivity index (χ0n) is 14.2. The molecule has 2 fully saturated rings. The van der Waals surface area contributed by atoms with E-state index in [2.05, 4.69) is 20.3 Å². The van der Waals surface area contributed by atoms with E-state index in [4.69, 9.17) is 4.74 Å². The van der Waals surface area contributed by atoms with E-state index in [-0.39, 0.29) is 12.8 Å². The maximum absolute atomic E-state index is 9.96. The minimum absolute atomic E-state index is 0.201. The van der Waals surface area contributed by atoms with Gasteiger partial charge in [-0.15, -0.1) is 0 Å². The standard InChI is InChI=1S/C17H25N5O3/c23-8-13-12(24)7-14(25-13)22-10-20-15-16(18-9-19-17(15)22)21-11-5-3-1-2-4-6-11/h9-14,23-24H,1-8H2,(H,18,19,21)/t12-,13+,14+/m0/s1. The third-order valence-electron chi connectivity index (χ3n) is 5.25. The van der Waals surface area contributed by atoms with Crippen molar-refractivity contribution < 1.29 is 14.9 Å². The van der Waals surface area contributed by atoms with E-state index in [1.807, 2.05) is 4.57 Å². The minimum atomic E-state index is -0.683. The van der Waals surface area contributed by atoms with Crippen LogP contribution in [-0.2, 0) is 4.74 Å². The third-order valence-corrected chi connectivity index (χ3v) is 5.25. The van der Waals surface area contributed by atoms with Crippen LogP contribution < -0.4 is 5.32 Å². The Balaban J connectivity index is 1.58. The molecule has 136 valence electrons. The molecule has 3 heterocycles. The molecule has 3 atom stereocenters. The lowest BCUT2D eigenvalue weighted by Gasteiger charge is -2.17. The predicted octanol–water partition coefficient (Wildman–Crippen LogP) is 1.60. The monoisotopic (exact) mass is 347 g/mol. The Morgan fingerprint density at radius 1 is 1.16 bits per heavy atom. The van der Waals surface area contributed by atoms with Crippen molar-refractivity contribution in [2.45, 2.75) is 69.4 Å². The van der Waals surface area contributed by atoms with E-state index < -0.39 is 12.2 Å². The maximum atomic E-state index is 9.96. The summed E-state index contributed by atoms with van der Waals surface area (Å²) < 4.78 is 7.54. The maximum Gasteiger partial charge on any atom is 0.167 e. The van der Waals surface area contributed by atoms with Crippen LogP contribution in [-0.4, -0.2) is 54.6 Å². The highest BCUT2D eigenvalue weighted by Crippen LogP contribution is 2.32. The van der Waals surface area contributed by atoms with Crippen molar-refractivity contribution in [1.82, 2.24) is 19.5 Å². The summed E-state index contributed by atoms with van der Waals surface area (Å²) >= 11 is 0. The van der Waals surface area contributed by atoms with Gasteiger partial charge in [-0.05, 0) is 12.8 Å². The number of anilines is 1. The summed E-state index contributed by atoms with van der Waals surface area (Å²) in [6, 6.07) is 0.425. The second kappa shape index (κ2) is 7.23. The summed E-state index contributed by atoms with van der Waals surface area (Å²) in [4.78, 5) is 13.2. The van der Waals surface area contributed by atoms with E-state index in [0.717, 1.165) is 24.2 Å². The Bertz CT molecular complexity index is 713. The fourth-order valence-electron chi connectivity index (χ4n) is 3.84. The number of hydrogen-bond acceptors (Lipinski definition) is 7. The number of aromatic nitrogens is 4. The number of nitrogens with one attached hydrogen (secondary N) is 1. The second-order valence-electron chi connectivity index (χ2n) is 6.99. The van der Waals surface area contributed by atoms with Gasteiger partial charge in [-0.25, -0.2) is 15.0 Å². The summed E-state index contributed by atoms with van der Waals surface area (Å²) in [7, 11) is 0. The molecule has 0 radical (unpaired) electrons. The highest BCUT2D eigenvalue weighted by atomic mass is 16.5. The number of nitrogens with zero attached hydrogens (tertiary/aromatic N) is 4. The molecule has 8 heteroatoms. The van der Waals surface area contributed by atoms with Crippen LogP contribution >= 0.6 is 0 Å².